The molecule has 78 valence electrons. The summed E-state index contributed by atoms with van der Waals surface area (Å²) in [5.74, 6) is 1.12. The summed E-state index contributed by atoms with van der Waals surface area (Å²) in [5, 5.41) is 0. The molecule has 0 aliphatic heterocycles. The van der Waals surface area contributed by atoms with Crippen molar-refractivity contribution in [2.24, 2.45) is 7.05 Å². The van der Waals surface area contributed by atoms with Crippen LogP contribution < -0.4 is 5.73 Å². The largest absolute Gasteiger partial charge is 0.399 e. The molecule has 0 aliphatic rings. The molecule has 0 bridgehead atoms. The quantitative estimate of drug-likeness (QED) is 0.769. The van der Waals surface area contributed by atoms with Crippen molar-refractivity contribution in [1.82, 2.24) is 9.55 Å². The van der Waals surface area contributed by atoms with Gasteiger partial charge in [0.25, 0.3) is 0 Å². The van der Waals surface area contributed by atoms with Crippen molar-refractivity contribution in [1.29, 1.82) is 0 Å². The maximum atomic E-state index is 5.63. The van der Waals surface area contributed by atoms with E-state index in [1.165, 1.54) is 5.56 Å². The van der Waals surface area contributed by atoms with Crippen LogP contribution in [0.2, 0.25) is 0 Å². The van der Waals surface area contributed by atoms with Gasteiger partial charge in [-0.05, 0) is 24.1 Å². The Hall–Kier alpha value is -1.77. The summed E-state index contributed by atoms with van der Waals surface area (Å²) >= 11 is 0. The number of anilines is 1. The molecule has 3 heteroatoms. The fraction of sp³-hybridized carbons (Fsp3) is 0.250. The summed E-state index contributed by atoms with van der Waals surface area (Å²) < 4.78 is 2.05. The van der Waals surface area contributed by atoms with E-state index >= 15 is 0 Å². The summed E-state index contributed by atoms with van der Waals surface area (Å²) in [4.78, 5) is 4.29. The van der Waals surface area contributed by atoms with E-state index in [1.54, 1.807) is 0 Å². The second-order valence-electron chi connectivity index (χ2n) is 3.70. The molecule has 0 saturated heterocycles. The first-order valence-electron chi connectivity index (χ1n) is 5.06. The number of aromatic nitrogens is 2. The molecule has 1 aromatic heterocycles. The summed E-state index contributed by atoms with van der Waals surface area (Å²) in [7, 11) is 2.02. The zero-order valence-electron chi connectivity index (χ0n) is 8.85. The van der Waals surface area contributed by atoms with Gasteiger partial charge < -0.3 is 10.3 Å². The molecule has 0 aliphatic carbocycles. The van der Waals surface area contributed by atoms with Crippen LogP contribution in [0.4, 0.5) is 5.69 Å². The highest BCUT2D eigenvalue weighted by molar-refractivity contribution is 5.39. The van der Waals surface area contributed by atoms with Crippen LogP contribution in [-0.2, 0) is 19.9 Å². The molecule has 0 spiro atoms. The highest BCUT2D eigenvalue weighted by Crippen LogP contribution is 2.08. The van der Waals surface area contributed by atoms with Crippen molar-refractivity contribution in [3.05, 3.63) is 48.0 Å². The fourth-order valence-corrected chi connectivity index (χ4v) is 1.58. The first-order chi connectivity index (χ1) is 7.25. The number of aryl methyl sites for hydroxylation is 3. The lowest BCUT2D eigenvalue weighted by Gasteiger charge is -2.02. The van der Waals surface area contributed by atoms with Crippen LogP contribution in [0.25, 0.3) is 0 Å². The molecule has 0 atom stereocenters. The van der Waals surface area contributed by atoms with E-state index in [0.717, 1.165) is 24.4 Å². The van der Waals surface area contributed by atoms with Crippen molar-refractivity contribution in [2.45, 2.75) is 12.8 Å². The Morgan fingerprint density at radius 1 is 1.20 bits per heavy atom. The minimum atomic E-state index is 0.816. The lowest BCUT2D eigenvalue weighted by molar-refractivity contribution is 0.771. The van der Waals surface area contributed by atoms with Gasteiger partial charge in [-0.3, -0.25) is 0 Å². The Balaban J connectivity index is 1.99. The van der Waals surface area contributed by atoms with Gasteiger partial charge in [0.2, 0.25) is 0 Å². The molecule has 2 rings (SSSR count). The normalized spacial score (nSPS) is 10.5. The highest BCUT2D eigenvalue weighted by Gasteiger charge is 1.99. The van der Waals surface area contributed by atoms with Gasteiger partial charge in [-0.25, -0.2) is 4.98 Å². The lowest BCUT2D eigenvalue weighted by atomic mass is 10.1. The van der Waals surface area contributed by atoms with Crippen molar-refractivity contribution in [2.75, 3.05) is 5.73 Å². The van der Waals surface area contributed by atoms with Gasteiger partial charge in [0, 0.05) is 31.5 Å². The number of hydrogen-bond acceptors (Lipinski definition) is 2. The first-order valence-corrected chi connectivity index (χ1v) is 5.06. The number of hydrogen-bond donors (Lipinski definition) is 1. The van der Waals surface area contributed by atoms with E-state index < -0.39 is 0 Å². The van der Waals surface area contributed by atoms with Crippen LogP contribution in [0, 0.1) is 0 Å². The zero-order valence-corrected chi connectivity index (χ0v) is 8.85. The Morgan fingerprint density at radius 3 is 2.53 bits per heavy atom. The van der Waals surface area contributed by atoms with Crippen LogP contribution in [0.15, 0.2) is 36.7 Å². The molecule has 3 nitrogen and oxygen atoms in total. The number of nitrogens with two attached hydrogens (primary N) is 1. The molecule has 1 aromatic carbocycles. The van der Waals surface area contributed by atoms with Crippen LogP contribution in [0.5, 0.6) is 0 Å². The van der Waals surface area contributed by atoms with Gasteiger partial charge in [-0.1, -0.05) is 12.1 Å². The molecular weight excluding hydrogens is 186 g/mol. The molecule has 0 fully saturated rings. The highest BCUT2D eigenvalue weighted by atomic mass is 15.0. The summed E-state index contributed by atoms with van der Waals surface area (Å²) in [5.41, 5.74) is 7.74. The maximum absolute atomic E-state index is 5.63. The number of nitrogen functional groups attached to an aromatic ring is 1. The molecule has 2 aromatic rings. The minimum Gasteiger partial charge on any atom is -0.399 e. The number of nitrogens with zero attached hydrogens (tertiary/aromatic N) is 2. The summed E-state index contributed by atoms with van der Waals surface area (Å²) in [6.45, 7) is 0. The molecule has 15 heavy (non-hydrogen) atoms. The molecule has 0 radical (unpaired) electrons. The molecule has 1 heterocycles. The monoisotopic (exact) mass is 201 g/mol. The van der Waals surface area contributed by atoms with E-state index in [9.17, 15) is 0 Å². The predicted molar refractivity (Wildman–Crippen MR) is 61.5 cm³/mol. The lowest BCUT2D eigenvalue weighted by Crippen LogP contribution is -1.99. The van der Waals surface area contributed by atoms with E-state index in [0.29, 0.717) is 0 Å². The van der Waals surface area contributed by atoms with Gasteiger partial charge in [0.15, 0.2) is 0 Å². The minimum absolute atomic E-state index is 0.816. The third kappa shape index (κ3) is 2.37. The Labute approximate surface area is 89.6 Å². The van der Waals surface area contributed by atoms with Gasteiger partial charge >= 0.3 is 0 Å². The van der Waals surface area contributed by atoms with Crippen molar-refractivity contribution >= 4 is 5.69 Å². The summed E-state index contributed by atoms with van der Waals surface area (Å²) in [6.07, 6.45) is 5.77. The number of imidazole rings is 1. The van der Waals surface area contributed by atoms with Crippen LogP contribution >= 0.6 is 0 Å². The van der Waals surface area contributed by atoms with Crippen LogP contribution in [0.3, 0.4) is 0 Å². The molecule has 0 saturated carbocycles. The number of benzene rings is 1. The van der Waals surface area contributed by atoms with E-state index in [2.05, 4.69) is 21.7 Å². The maximum Gasteiger partial charge on any atom is 0.108 e. The Kier molecular flexibility index (Phi) is 2.72. The SMILES string of the molecule is Cn1ccnc1CCc1ccc(N)cc1. The van der Waals surface area contributed by atoms with Crippen molar-refractivity contribution in [3.63, 3.8) is 0 Å². The second kappa shape index (κ2) is 4.17. The smallest absolute Gasteiger partial charge is 0.108 e. The topological polar surface area (TPSA) is 43.8 Å². The van der Waals surface area contributed by atoms with Gasteiger partial charge in [-0.2, -0.15) is 0 Å². The van der Waals surface area contributed by atoms with Crippen molar-refractivity contribution < 1.29 is 0 Å². The predicted octanol–water partition coefficient (Wildman–Crippen LogP) is 1.79. The standard InChI is InChI=1S/C12H15N3/c1-15-9-8-14-12(15)7-4-10-2-5-11(13)6-3-10/h2-3,5-6,8-9H,4,7,13H2,1H3. The fourth-order valence-electron chi connectivity index (χ4n) is 1.58. The Bertz CT molecular complexity index is 428. The second-order valence-corrected chi connectivity index (χ2v) is 3.70. The van der Waals surface area contributed by atoms with Gasteiger partial charge in [0.05, 0.1) is 0 Å². The molecule has 0 amide bonds. The molecule has 2 N–H and O–H groups in total. The molecule has 0 unspecified atom stereocenters. The van der Waals surface area contributed by atoms with Crippen LogP contribution in [-0.4, -0.2) is 9.55 Å². The molecular formula is C12H15N3. The zero-order chi connectivity index (χ0) is 10.7. The first kappa shape index (κ1) is 9.77. The Morgan fingerprint density at radius 2 is 1.93 bits per heavy atom. The van der Waals surface area contributed by atoms with E-state index in [4.69, 9.17) is 5.73 Å². The summed E-state index contributed by atoms with van der Waals surface area (Å²) in [6, 6.07) is 8.01. The van der Waals surface area contributed by atoms with Gasteiger partial charge in [0.1, 0.15) is 5.82 Å². The van der Waals surface area contributed by atoms with Crippen molar-refractivity contribution in [3.8, 4) is 0 Å². The number of rotatable bonds is 3. The third-order valence-corrected chi connectivity index (χ3v) is 2.54. The van der Waals surface area contributed by atoms with E-state index in [-0.39, 0.29) is 0 Å². The average Bonchev–Trinajstić information content (AvgIpc) is 2.63. The van der Waals surface area contributed by atoms with E-state index in [1.807, 2.05) is 31.6 Å². The average molecular weight is 201 g/mol. The van der Waals surface area contributed by atoms with Gasteiger partial charge in [-0.15, -0.1) is 0 Å². The van der Waals surface area contributed by atoms with Crippen LogP contribution in [0.1, 0.15) is 11.4 Å². The third-order valence-electron chi connectivity index (χ3n) is 2.54.